The zero-order valence-corrected chi connectivity index (χ0v) is 26.0. The largest absolute Gasteiger partial charge is 0.494 e. The minimum Gasteiger partial charge on any atom is -0.494 e. The van der Waals surface area contributed by atoms with Crippen LogP contribution in [-0.2, 0) is 22.1 Å². The Morgan fingerprint density at radius 2 is 1.86 bits per heavy atom. The van der Waals surface area contributed by atoms with E-state index in [4.69, 9.17) is 29.2 Å². The average Bonchev–Trinajstić information content (AvgIpc) is 3.59. The van der Waals surface area contributed by atoms with Gasteiger partial charge in [0.1, 0.15) is 34.8 Å². The SMILES string of the molecule is COc1c(Nc2cc(Nc3cnc(C(C)(C)OC)c(C)n3)nc3c2nc(C)n3C2CCCCO2)cccc1-c1nnn(C)n1. The highest BCUT2D eigenvalue weighted by Gasteiger charge is 2.26. The molecule has 5 aromatic rings. The first-order valence-corrected chi connectivity index (χ1v) is 14.5. The van der Waals surface area contributed by atoms with Crippen molar-refractivity contribution in [2.45, 2.75) is 58.8 Å². The Labute approximate surface area is 255 Å². The van der Waals surface area contributed by atoms with Crippen LogP contribution in [0, 0.1) is 13.8 Å². The highest BCUT2D eigenvalue weighted by atomic mass is 16.5. The molecule has 1 saturated heterocycles. The summed E-state index contributed by atoms with van der Waals surface area (Å²) in [6.07, 6.45) is 4.54. The van der Waals surface area contributed by atoms with E-state index in [0.717, 1.165) is 42.2 Å². The van der Waals surface area contributed by atoms with Crippen molar-refractivity contribution in [1.82, 2.24) is 44.7 Å². The number of benzene rings is 1. The maximum Gasteiger partial charge on any atom is 0.208 e. The summed E-state index contributed by atoms with van der Waals surface area (Å²) >= 11 is 0. The van der Waals surface area contributed by atoms with Crippen LogP contribution >= 0.6 is 0 Å². The maximum atomic E-state index is 6.17. The Kier molecular flexibility index (Phi) is 7.86. The number of methoxy groups -OCH3 is 2. The molecule has 1 fully saturated rings. The fraction of sp³-hybridized carbons (Fsp3) is 0.433. The number of hydrogen-bond donors (Lipinski definition) is 2. The predicted octanol–water partition coefficient (Wildman–Crippen LogP) is 5.11. The van der Waals surface area contributed by atoms with Crippen molar-refractivity contribution in [2.75, 3.05) is 31.5 Å². The van der Waals surface area contributed by atoms with Gasteiger partial charge in [-0.05, 0) is 64.3 Å². The molecular formula is C30H37N11O3. The Morgan fingerprint density at radius 3 is 2.55 bits per heavy atom. The lowest BCUT2D eigenvalue weighted by molar-refractivity contribution is -0.0308. The highest BCUT2D eigenvalue weighted by molar-refractivity contribution is 5.92. The lowest BCUT2D eigenvalue weighted by atomic mass is 10.0. The van der Waals surface area contributed by atoms with Crippen LogP contribution in [0.3, 0.4) is 0 Å². The van der Waals surface area contributed by atoms with E-state index in [1.165, 1.54) is 4.80 Å². The monoisotopic (exact) mass is 599 g/mol. The van der Waals surface area contributed by atoms with E-state index in [9.17, 15) is 0 Å². The summed E-state index contributed by atoms with van der Waals surface area (Å²) in [7, 11) is 5.00. The molecule has 0 aliphatic carbocycles. The summed E-state index contributed by atoms with van der Waals surface area (Å²) in [6.45, 7) is 8.52. The first-order valence-electron chi connectivity index (χ1n) is 14.5. The molecule has 14 heteroatoms. The zero-order chi connectivity index (χ0) is 31.0. The molecule has 4 aromatic heterocycles. The van der Waals surface area contributed by atoms with Crippen LogP contribution in [0.2, 0.25) is 0 Å². The van der Waals surface area contributed by atoms with Crippen LogP contribution < -0.4 is 15.4 Å². The Morgan fingerprint density at radius 1 is 1.02 bits per heavy atom. The number of pyridine rings is 1. The summed E-state index contributed by atoms with van der Waals surface area (Å²) in [6, 6.07) is 7.63. The molecule has 0 bridgehead atoms. The first-order chi connectivity index (χ1) is 21.2. The average molecular weight is 600 g/mol. The van der Waals surface area contributed by atoms with Gasteiger partial charge in [-0.25, -0.2) is 15.0 Å². The minimum atomic E-state index is -0.567. The molecule has 1 atom stereocenters. The van der Waals surface area contributed by atoms with Gasteiger partial charge in [0.25, 0.3) is 0 Å². The lowest BCUT2D eigenvalue weighted by Gasteiger charge is -2.25. The zero-order valence-electron chi connectivity index (χ0n) is 26.0. The van der Waals surface area contributed by atoms with E-state index in [1.54, 1.807) is 27.5 Å². The fourth-order valence-corrected chi connectivity index (χ4v) is 5.53. The topological polar surface area (TPSA) is 152 Å². The van der Waals surface area contributed by atoms with Crippen LogP contribution in [-0.4, -0.2) is 65.5 Å². The third kappa shape index (κ3) is 5.53. The van der Waals surface area contributed by atoms with Gasteiger partial charge < -0.3 is 24.8 Å². The van der Waals surface area contributed by atoms with Crippen molar-refractivity contribution in [2.24, 2.45) is 7.05 Å². The molecule has 44 heavy (non-hydrogen) atoms. The van der Waals surface area contributed by atoms with Crippen molar-refractivity contribution in [3.63, 3.8) is 0 Å². The summed E-state index contributed by atoms with van der Waals surface area (Å²) in [4.78, 5) is 20.8. The predicted molar refractivity (Wildman–Crippen MR) is 165 cm³/mol. The van der Waals surface area contributed by atoms with Crippen molar-refractivity contribution in [1.29, 1.82) is 0 Å². The maximum absolute atomic E-state index is 6.17. The van der Waals surface area contributed by atoms with Crippen molar-refractivity contribution >= 4 is 34.2 Å². The van der Waals surface area contributed by atoms with E-state index < -0.39 is 5.60 Å². The quantitative estimate of drug-likeness (QED) is 0.232. The first kappa shape index (κ1) is 29.4. The van der Waals surface area contributed by atoms with E-state index in [1.807, 2.05) is 52.0 Å². The van der Waals surface area contributed by atoms with Crippen LogP contribution in [0.5, 0.6) is 5.75 Å². The third-order valence-corrected chi connectivity index (χ3v) is 7.79. The molecule has 0 amide bonds. The smallest absolute Gasteiger partial charge is 0.208 e. The van der Waals surface area contributed by atoms with E-state index >= 15 is 0 Å². The molecule has 1 aliphatic heterocycles. The standard InChI is InChI=1S/C30H37N11O3/c1-17-27(30(3,4)43-7)31-16-23(32-17)35-22-15-21(25-29(36-22)41(18(2)33-25)24-13-8-9-14-44-24)34-20-12-10-11-19(26(20)42-6)28-37-39-40(5)38-28/h10-12,15-16,24H,8-9,13-14H2,1-7H3,(H2,32,34,35,36). The van der Waals surface area contributed by atoms with Gasteiger partial charge in [-0.2, -0.15) is 4.80 Å². The van der Waals surface area contributed by atoms with E-state index in [0.29, 0.717) is 52.2 Å². The van der Waals surface area contributed by atoms with Gasteiger partial charge in [0.05, 0.1) is 48.7 Å². The molecule has 14 nitrogen and oxygen atoms in total. The van der Waals surface area contributed by atoms with Crippen molar-refractivity contribution < 1.29 is 14.2 Å². The highest BCUT2D eigenvalue weighted by Crippen LogP contribution is 2.39. The second-order valence-corrected chi connectivity index (χ2v) is 11.2. The lowest BCUT2D eigenvalue weighted by Crippen LogP contribution is -2.23. The summed E-state index contributed by atoms with van der Waals surface area (Å²) in [5, 5.41) is 19.4. The second-order valence-electron chi connectivity index (χ2n) is 11.2. The molecule has 230 valence electrons. The van der Waals surface area contributed by atoms with Crippen LogP contribution in [0.15, 0.2) is 30.5 Å². The number of nitrogens with zero attached hydrogens (tertiary/aromatic N) is 9. The summed E-state index contributed by atoms with van der Waals surface area (Å²) in [5.74, 6) is 2.96. The molecule has 1 aliphatic rings. The van der Waals surface area contributed by atoms with Crippen LogP contribution in [0.25, 0.3) is 22.6 Å². The number of hydrogen-bond acceptors (Lipinski definition) is 12. The molecule has 0 spiro atoms. The molecule has 5 heterocycles. The molecular weight excluding hydrogens is 562 g/mol. The number of fused-ring (bicyclic) bond motifs is 1. The number of aromatic nitrogens is 9. The number of rotatable bonds is 9. The number of para-hydroxylation sites is 1. The fourth-order valence-electron chi connectivity index (χ4n) is 5.53. The number of anilines is 4. The molecule has 2 N–H and O–H groups in total. The third-order valence-electron chi connectivity index (χ3n) is 7.79. The second kappa shape index (κ2) is 11.8. The molecule has 0 radical (unpaired) electrons. The molecule has 0 saturated carbocycles. The van der Waals surface area contributed by atoms with Crippen molar-refractivity contribution in [3.05, 3.63) is 47.7 Å². The van der Waals surface area contributed by atoms with Gasteiger partial charge in [-0.1, -0.05) is 6.07 Å². The Balaban J connectivity index is 1.45. The number of ether oxygens (including phenoxy) is 3. The number of aryl methyl sites for hydroxylation is 3. The van der Waals surface area contributed by atoms with Crippen molar-refractivity contribution in [3.8, 4) is 17.1 Å². The van der Waals surface area contributed by atoms with E-state index in [-0.39, 0.29) is 6.23 Å². The summed E-state index contributed by atoms with van der Waals surface area (Å²) in [5.41, 5.74) is 4.49. The number of nitrogens with one attached hydrogen (secondary N) is 2. The van der Waals surface area contributed by atoms with Gasteiger partial charge in [0, 0.05) is 19.8 Å². The van der Waals surface area contributed by atoms with Crippen LogP contribution in [0.4, 0.5) is 23.0 Å². The normalized spacial score (nSPS) is 15.5. The molecule has 1 unspecified atom stereocenters. The number of tetrazole rings is 1. The summed E-state index contributed by atoms with van der Waals surface area (Å²) < 4.78 is 19.7. The van der Waals surface area contributed by atoms with Crippen LogP contribution in [0.1, 0.15) is 56.6 Å². The van der Waals surface area contributed by atoms with Gasteiger partial charge >= 0.3 is 0 Å². The van der Waals surface area contributed by atoms with Gasteiger partial charge in [-0.3, -0.25) is 9.55 Å². The van der Waals surface area contributed by atoms with Gasteiger partial charge in [-0.15, -0.1) is 10.2 Å². The molecule has 6 rings (SSSR count). The minimum absolute atomic E-state index is 0.150. The molecule has 1 aromatic carbocycles. The Hall–Kier alpha value is -4.69. The number of imidazole rings is 1. The van der Waals surface area contributed by atoms with Gasteiger partial charge in [0.15, 0.2) is 11.4 Å². The Bertz CT molecular complexity index is 1810. The van der Waals surface area contributed by atoms with E-state index in [2.05, 4.69) is 35.6 Å². The van der Waals surface area contributed by atoms with Gasteiger partial charge in [0.2, 0.25) is 5.82 Å².